The van der Waals surface area contributed by atoms with Gasteiger partial charge in [0.15, 0.2) is 0 Å². The smallest absolute Gasteiger partial charge is 0.136 e. The van der Waals surface area contributed by atoms with Crippen molar-refractivity contribution in [3.63, 3.8) is 0 Å². The van der Waals surface area contributed by atoms with Crippen LogP contribution in [0, 0.1) is 0 Å². The van der Waals surface area contributed by atoms with Gasteiger partial charge in [0.05, 0.1) is 22.1 Å². The van der Waals surface area contributed by atoms with Crippen LogP contribution in [0.4, 0.5) is 0 Å². The number of hydrogen-bond acceptors (Lipinski definition) is 1. The van der Waals surface area contributed by atoms with Crippen LogP contribution in [0.15, 0.2) is 162 Å². The summed E-state index contributed by atoms with van der Waals surface area (Å²) in [7, 11) is 0. The maximum Gasteiger partial charge on any atom is 0.136 e. The molecular formula is C46H30N2O. The van der Waals surface area contributed by atoms with E-state index in [4.69, 9.17) is 4.42 Å². The largest absolute Gasteiger partial charge is 0.456 e. The Kier molecular flexibility index (Phi) is 5.50. The average Bonchev–Trinajstić information content (AvgIpc) is 3.82. The number of fused-ring (bicyclic) bond motifs is 11. The molecule has 0 bridgehead atoms. The molecule has 0 spiro atoms. The first-order valence-electron chi connectivity index (χ1n) is 17.1. The van der Waals surface area contributed by atoms with Crippen molar-refractivity contribution in [1.82, 2.24) is 9.13 Å². The number of nitrogens with zero attached hydrogens (tertiary/aromatic N) is 2. The van der Waals surface area contributed by atoms with Gasteiger partial charge in [0.1, 0.15) is 11.2 Å². The van der Waals surface area contributed by atoms with Crippen LogP contribution in [-0.2, 0) is 0 Å². The van der Waals surface area contributed by atoms with Crippen molar-refractivity contribution in [2.24, 2.45) is 0 Å². The molecule has 0 unspecified atom stereocenters. The summed E-state index contributed by atoms with van der Waals surface area (Å²) in [4.78, 5) is 0. The fraction of sp³-hybridized carbons (Fsp3) is 0.0435. The number of para-hydroxylation sites is 2. The Labute approximate surface area is 282 Å². The summed E-state index contributed by atoms with van der Waals surface area (Å²) in [5.74, 6) is 0. The third-order valence-electron chi connectivity index (χ3n) is 10.5. The van der Waals surface area contributed by atoms with Gasteiger partial charge >= 0.3 is 0 Å². The van der Waals surface area contributed by atoms with Crippen LogP contribution in [0.3, 0.4) is 0 Å². The molecule has 0 saturated heterocycles. The van der Waals surface area contributed by atoms with Crippen molar-refractivity contribution in [2.45, 2.75) is 12.8 Å². The maximum atomic E-state index is 6.21. The first kappa shape index (κ1) is 26.7. The van der Waals surface area contributed by atoms with Gasteiger partial charge in [0.2, 0.25) is 0 Å². The van der Waals surface area contributed by atoms with Crippen molar-refractivity contribution in [3.05, 3.63) is 158 Å². The van der Waals surface area contributed by atoms with E-state index < -0.39 is 0 Å². The molecule has 0 N–H and O–H groups in total. The molecule has 3 nitrogen and oxygen atoms in total. The highest BCUT2D eigenvalue weighted by atomic mass is 16.3. The summed E-state index contributed by atoms with van der Waals surface area (Å²) in [6.07, 6.45) is 9.12. The van der Waals surface area contributed by atoms with Gasteiger partial charge in [0, 0.05) is 43.7 Å². The second-order valence-corrected chi connectivity index (χ2v) is 13.2. The zero-order valence-electron chi connectivity index (χ0n) is 26.7. The van der Waals surface area contributed by atoms with Crippen molar-refractivity contribution >= 4 is 82.0 Å². The van der Waals surface area contributed by atoms with Crippen LogP contribution in [0.5, 0.6) is 0 Å². The van der Waals surface area contributed by atoms with E-state index in [0.717, 1.165) is 40.5 Å². The summed E-state index contributed by atoms with van der Waals surface area (Å²) >= 11 is 0. The lowest BCUT2D eigenvalue weighted by Gasteiger charge is -2.13. The second-order valence-electron chi connectivity index (χ2n) is 13.2. The molecular weight excluding hydrogens is 597 g/mol. The molecule has 230 valence electrons. The first-order chi connectivity index (χ1) is 24.3. The van der Waals surface area contributed by atoms with E-state index in [0.29, 0.717) is 0 Å². The molecule has 1 aliphatic rings. The Bertz CT molecular complexity index is 3040. The van der Waals surface area contributed by atoms with Crippen LogP contribution in [0.25, 0.3) is 98.8 Å². The van der Waals surface area contributed by atoms with E-state index in [-0.39, 0.29) is 0 Å². The van der Waals surface area contributed by atoms with Crippen LogP contribution in [0.1, 0.15) is 12.8 Å². The summed E-state index contributed by atoms with van der Waals surface area (Å²) in [5.41, 5.74) is 11.5. The Hall–Kier alpha value is -6.32. The molecule has 3 heterocycles. The first-order valence-corrected chi connectivity index (χ1v) is 17.1. The lowest BCUT2D eigenvalue weighted by molar-refractivity contribution is 0.669. The van der Waals surface area contributed by atoms with Crippen molar-refractivity contribution in [1.29, 1.82) is 0 Å². The SMILES string of the molecule is C1=CC(n2c3cc4c(cc3c3c5ccccc5ccc32)c2ccccc2n4-c2ccc(-c3cccc4oc5ccccc5c34)cc2)=CCC1. The zero-order valence-corrected chi connectivity index (χ0v) is 26.7. The molecule has 0 aliphatic heterocycles. The van der Waals surface area contributed by atoms with Gasteiger partial charge in [-0.3, -0.25) is 0 Å². The molecule has 0 amide bonds. The molecule has 0 atom stereocenters. The summed E-state index contributed by atoms with van der Waals surface area (Å²) < 4.78 is 11.1. The second kappa shape index (κ2) is 10.1. The van der Waals surface area contributed by atoms with Crippen molar-refractivity contribution in [3.8, 4) is 16.8 Å². The minimum atomic E-state index is 0.917. The molecule has 3 aromatic heterocycles. The van der Waals surface area contributed by atoms with Crippen molar-refractivity contribution in [2.75, 3.05) is 0 Å². The van der Waals surface area contributed by atoms with Gasteiger partial charge in [0.25, 0.3) is 0 Å². The molecule has 49 heavy (non-hydrogen) atoms. The van der Waals surface area contributed by atoms with Gasteiger partial charge in [-0.1, -0.05) is 103 Å². The van der Waals surface area contributed by atoms with E-state index in [9.17, 15) is 0 Å². The third kappa shape index (κ3) is 3.78. The van der Waals surface area contributed by atoms with Gasteiger partial charge in [-0.25, -0.2) is 0 Å². The Morgan fingerprint density at radius 3 is 2.12 bits per heavy atom. The van der Waals surface area contributed by atoms with Gasteiger partial charge in [-0.2, -0.15) is 0 Å². The zero-order chi connectivity index (χ0) is 32.1. The molecule has 7 aromatic carbocycles. The number of furan rings is 1. The minimum Gasteiger partial charge on any atom is -0.456 e. The molecule has 0 fully saturated rings. The monoisotopic (exact) mass is 626 g/mol. The maximum absolute atomic E-state index is 6.21. The highest BCUT2D eigenvalue weighted by molar-refractivity contribution is 6.26. The standard InChI is InChI=1S/C46H30N2O/c1-2-12-31(13-3-1)48-40-26-23-29-11-4-5-14-33(29)45(40)38-27-37-35-15-6-8-18-39(35)47(41(37)28-42(38)48)32-24-21-30(22-25-32)34-17-10-20-44-46(34)36-16-7-9-19-43(36)49-44/h2,4-28H,1,3H2. The van der Waals surface area contributed by atoms with Crippen LogP contribution >= 0.6 is 0 Å². The van der Waals surface area contributed by atoms with Gasteiger partial charge in [-0.05, 0) is 89.3 Å². The number of rotatable bonds is 3. The normalized spacial score (nSPS) is 13.6. The number of hydrogen-bond donors (Lipinski definition) is 0. The fourth-order valence-corrected chi connectivity index (χ4v) is 8.38. The third-order valence-corrected chi connectivity index (χ3v) is 10.5. The quantitative estimate of drug-likeness (QED) is 0.191. The minimum absolute atomic E-state index is 0.917. The average molecular weight is 627 g/mol. The van der Waals surface area contributed by atoms with Crippen molar-refractivity contribution < 1.29 is 4.42 Å². The molecule has 0 radical (unpaired) electrons. The predicted molar refractivity (Wildman–Crippen MR) is 207 cm³/mol. The highest BCUT2D eigenvalue weighted by Crippen LogP contribution is 2.43. The highest BCUT2D eigenvalue weighted by Gasteiger charge is 2.20. The van der Waals surface area contributed by atoms with E-state index in [1.165, 1.54) is 71.2 Å². The topological polar surface area (TPSA) is 23.0 Å². The Morgan fingerprint density at radius 2 is 1.24 bits per heavy atom. The number of aromatic nitrogens is 2. The molecule has 0 saturated carbocycles. The molecule has 10 aromatic rings. The Balaban J connectivity index is 1.18. The van der Waals surface area contributed by atoms with Crippen LogP contribution in [-0.4, -0.2) is 9.13 Å². The van der Waals surface area contributed by atoms with E-state index >= 15 is 0 Å². The van der Waals surface area contributed by atoms with E-state index in [2.05, 4.69) is 155 Å². The van der Waals surface area contributed by atoms with Gasteiger partial charge < -0.3 is 13.6 Å². The molecule has 3 heteroatoms. The Morgan fingerprint density at radius 1 is 0.469 bits per heavy atom. The van der Waals surface area contributed by atoms with Crippen LogP contribution < -0.4 is 0 Å². The molecule has 11 rings (SSSR count). The summed E-state index contributed by atoms with van der Waals surface area (Å²) in [6.45, 7) is 0. The summed E-state index contributed by atoms with van der Waals surface area (Å²) in [5, 5.41) is 10.0. The lowest BCUT2D eigenvalue weighted by atomic mass is 9.99. The predicted octanol–water partition coefficient (Wildman–Crippen LogP) is 12.8. The number of allylic oxidation sites excluding steroid dienone is 4. The summed E-state index contributed by atoms with van der Waals surface area (Å²) in [6, 6.07) is 50.8. The van der Waals surface area contributed by atoms with Gasteiger partial charge in [-0.15, -0.1) is 0 Å². The lowest BCUT2D eigenvalue weighted by Crippen LogP contribution is -1.98. The van der Waals surface area contributed by atoms with E-state index in [1.54, 1.807) is 0 Å². The van der Waals surface area contributed by atoms with E-state index in [1.807, 2.05) is 12.1 Å². The molecule has 1 aliphatic carbocycles. The van der Waals surface area contributed by atoms with Crippen LogP contribution in [0.2, 0.25) is 0 Å². The fourth-order valence-electron chi connectivity index (χ4n) is 8.38. The number of benzene rings is 7.